The number of anilines is 1. The molecule has 1 aliphatic carbocycles. The van der Waals surface area contributed by atoms with E-state index in [4.69, 9.17) is 9.84 Å². The molecule has 2 N–H and O–H groups in total. The molecule has 0 bridgehead atoms. The fourth-order valence-electron chi connectivity index (χ4n) is 4.30. The average Bonchev–Trinajstić information content (AvgIpc) is 3.17. The number of carboxylic acid groups (broad SMARTS) is 1. The van der Waals surface area contributed by atoms with Crippen LogP contribution < -0.4 is 5.32 Å². The second kappa shape index (κ2) is 8.63. The van der Waals surface area contributed by atoms with Crippen LogP contribution in [0.3, 0.4) is 0 Å². The minimum Gasteiger partial charge on any atom is -0.478 e. The van der Waals surface area contributed by atoms with Gasteiger partial charge in [-0.05, 0) is 57.6 Å². The predicted molar refractivity (Wildman–Crippen MR) is 128 cm³/mol. The van der Waals surface area contributed by atoms with Gasteiger partial charge in [0.05, 0.1) is 5.56 Å². The summed E-state index contributed by atoms with van der Waals surface area (Å²) in [5, 5.41) is 11.8. The molecule has 162 valence electrons. The summed E-state index contributed by atoms with van der Waals surface area (Å²) in [5.41, 5.74) is 7.40. The van der Waals surface area contributed by atoms with Crippen LogP contribution in [0.15, 0.2) is 97.1 Å². The van der Waals surface area contributed by atoms with Crippen molar-refractivity contribution in [1.82, 2.24) is 0 Å². The third-order valence-electron chi connectivity index (χ3n) is 5.94. The standard InChI is InChI=1S/C28H21NO4/c30-27(31)20-11-9-18(10-12-20)19-13-15-21(16-14-19)29-28(32)33-17-26-24-7-3-1-5-22(24)23-6-2-4-8-25(23)26/h1-16,26H,17H2,(H,29,32)(H,30,31). The maximum absolute atomic E-state index is 12.5. The van der Waals surface area contributed by atoms with Gasteiger partial charge >= 0.3 is 12.1 Å². The first-order valence-corrected chi connectivity index (χ1v) is 10.7. The maximum Gasteiger partial charge on any atom is 0.411 e. The molecule has 0 fully saturated rings. The average molecular weight is 435 g/mol. The lowest BCUT2D eigenvalue weighted by Gasteiger charge is -2.14. The summed E-state index contributed by atoms with van der Waals surface area (Å²) in [4.78, 5) is 23.5. The lowest BCUT2D eigenvalue weighted by molar-refractivity contribution is 0.0697. The Morgan fingerprint density at radius 1 is 0.727 bits per heavy atom. The van der Waals surface area contributed by atoms with Crippen molar-refractivity contribution in [1.29, 1.82) is 0 Å². The molecule has 0 heterocycles. The third kappa shape index (κ3) is 4.08. The van der Waals surface area contributed by atoms with E-state index >= 15 is 0 Å². The van der Waals surface area contributed by atoms with Crippen molar-refractivity contribution >= 4 is 17.7 Å². The van der Waals surface area contributed by atoms with E-state index in [9.17, 15) is 9.59 Å². The normalized spacial score (nSPS) is 12.0. The molecule has 0 unspecified atom stereocenters. The highest BCUT2D eigenvalue weighted by Gasteiger charge is 2.28. The van der Waals surface area contributed by atoms with E-state index in [2.05, 4.69) is 29.6 Å². The fourth-order valence-corrected chi connectivity index (χ4v) is 4.30. The Morgan fingerprint density at radius 3 is 1.79 bits per heavy atom. The molecule has 0 spiro atoms. The smallest absolute Gasteiger partial charge is 0.411 e. The highest BCUT2D eigenvalue weighted by atomic mass is 16.5. The van der Waals surface area contributed by atoms with Crippen LogP contribution in [-0.4, -0.2) is 23.8 Å². The zero-order valence-corrected chi connectivity index (χ0v) is 17.7. The first kappa shape index (κ1) is 20.5. The molecule has 1 amide bonds. The van der Waals surface area contributed by atoms with E-state index < -0.39 is 12.1 Å². The van der Waals surface area contributed by atoms with E-state index in [0.29, 0.717) is 5.69 Å². The van der Waals surface area contributed by atoms with Crippen LogP contribution in [0.5, 0.6) is 0 Å². The summed E-state index contributed by atoms with van der Waals surface area (Å²) >= 11 is 0. The Bertz CT molecular complexity index is 1280. The molecule has 1 aliphatic rings. The number of rotatable bonds is 5. The number of fused-ring (bicyclic) bond motifs is 3. The summed E-state index contributed by atoms with van der Waals surface area (Å²) in [6.07, 6.45) is -0.504. The molecule has 0 atom stereocenters. The van der Waals surface area contributed by atoms with Gasteiger partial charge in [-0.3, -0.25) is 5.32 Å². The largest absolute Gasteiger partial charge is 0.478 e. The SMILES string of the molecule is O=C(Nc1ccc(-c2ccc(C(=O)O)cc2)cc1)OCC1c2ccccc2-c2ccccc21. The van der Waals surface area contributed by atoms with Crippen molar-refractivity contribution < 1.29 is 19.4 Å². The van der Waals surface area contributed by atoms with Crippen LogP contribution in [0, 0.1) is 0 Å². The Morgan fingerprint density at radius 2 is 1.24 bits per heavy atom. The summed E-state index contributed by atoms with van der Waals surface area (Å²) in [7, 11) is 0. The number of carboxylic acids is 1. The Kier molecular flexibility index (Phi) is 5.37. The molecule has 0 saturated carbocycles. The number of carbonyl (C=O) groups is 2. The number of hydrogen-bond acceptors (Lipinski definition) is 3. The molecule has 0 aliphatic heterocycles. The van der Waals surface area contributed by atoms with Crippen LogP contribution >= 0.6 is 0 Å². The van der Waals surface area contributed by atoms with Crippen molar-refractivity contribution in [3.05, 3.63) is 114 Å². The van der Waals surface area contributed by atoms with Gasteiger partial charge in [0.15, 0.2) is 0 Å². The predicted octanol–water partition coefficient (Wildman–Crippen LogP) is 6.41. The second-order valence-electron chi connectivity index (χ2n) is 7.91. The summed E-state index contributed by atoms with van der Waals surface area (Å²) in [5.74, 6) is -0.941. The lowest BCUT2D eigenvalue weighted by atomic mass is 9.98. The molecule has 0 aromatic heterocycles. The van der Waals surface area contributed by atoms with E-state index in [0.717, 1.165) is 11.1 Å². The van der Waals surface area contributed by atoms with Gasteiger partial charge < -0.3 is 9.84 Å². The highest BCUT2D eigenvalue weighted by molar-refractivity contribution is 5.88. The molecule has 5 nitrogen and oxygen atoms in total. The zero-order chi connectivity index (χ0) is 22.8. The highest BCUT2D eigenvalue weighted by Crippen LogP contribution is 2.44. The monoisotopic (exact) mass is 435 g/mol. The second-order valence-corrected chi connectivity index (χ2v) is 7.91. The van der Waals surface area contributed by atoms with Gasteiger partial charge in [-0.1, -0.05) is 72.8 Å². The number of hydrogen-bond donors (Lipinski definition) is 2. The van der Waals surface area contributed by atoms with Crippen LogP contribution in [0.25, 0.3) is 22.3 Å². The lowest BCUT2D eigenvalue weighted by Crippen LogP contribution is -2.17. The van der Waals surface area contributed by atoms with Crippen LogP contribution in [-0.2, 0) is 4.74 Å². The van der Waals surface area contributed by atoms with Crippen LogP contribution in [0.1, 0.15) is 27.4 Å². The van der Waals surface area contributed by atoms with Gasteiger partial charge in [0.25, 0.3) is 0 Å². The summed E-state index contributed by atoms with van der Waals surface area (Å²) < 4.78 is 5.59. The summed E-state index contributed by atoms with van der Waals surface area (Å²) in [6.45, 7) is 0.258. The molecule has 0 saturated heterocycles. The number of aromatic carboxylic acids is 1. The molecule has 5 heteroatoms. The summed E-state index contributed by atoms with van der Waals surface area (Å²) in [6, 6.07) is 30.4. The minimum atomic E-state index is -0.954. The molecule has 33 heavy (non-hydrogen) atoms. The maximum atomic E-state index is 12.5. The third-order valence-corrected chi connectivity index (χ3v) is 5.94. The topological polar surface area (TPSA) is 75.6 Å². The Balaban J connectivity index is 1.23. The number of nitrogens with one attached hydrogen (secondary N) is 1. The van der Waals surface area contributed by atoms with Crippen LogP contribution in [0.4, 0.5) is 10.5 Å². The van der Waals surface area contributed by atoms with Crippen molar-refractivity contribution in [2.75, 3.05) is 11.9 Å². The first-order valence-electron chi connectivity index (χ1n) is 10.7. The van der Waals surface area contributed by atoms with Crippen molar-refractivity contribution in [2.45, 2.75) is 5.92 Å². The van der Waals surface area contributed by atoms with Gasteiger partial charge in [-0.25, -0.2) is 9.59 Å². The molecular weight excluding hydrogens is 414 g/mol. The van der Waals surface area contributed by atoms with Crippen molar-refractivity contribution in [2.24, 2.45) is 0 Å². The van der Waals surface area contributed by atoms with E-state index in [1.165, 1.54) is 22.3 Å². The minimum absolute atomic E-state index is 0.0132. The van der Waals surface area contributed by atoms with Gasteiger partial charge in [-0.15, -0.1) is 0 Å². The van der Waals surface area contributed by atoms with Crippen molar-refractivity contribution in [3.8, 4) is 22.3 Å². The van der Waals surface area contributed by atoms with E-state index in [1.807, 2.05) is 36.4 Å². The molecule has 0 radical (unpaired) electrons. The zero-order valence-electron chi connectivity index (χ0n) is 17.7. The number of benzene rings is 4. The Hall–Kier alpha value is -4.38. The fraction of sp³-hybridized carbons (Fsp3) is 0.0714. The molecule has 4 aromatic carbocycles. The van der Waals surface area contributed by atoms with Gasteiger partial charge in [0.2, 0.25) is 0 Å². The van der Waals surface area contributed by atoms with Gasteiger partial charge in [0.1, 0.15) is 6.61 Å². The first-order chi connectivity index (χ1) is 16.1. The number of carbonyl (C=O) groups excluding carboxylic acids is 1. The Labute approximate surface area is 191 Å². The quantitative estimate of drug-likeness (QED) is 0.380. The van der Waals surface area contributed by atoms with Gasteiger partial charge in [-0.2, -0.15) is 0 Å². The van der Waals surface area contributed by atoms with Gasteiger partial charge in [0, 0.05) is 11.6 Å². The molecule has 5 rings (SSSR count). The number of ether oxygens (including phenoxy) is 1. The van der Waals surface area contributed by atoms with Crippen molar-refractivity contribution in [3.63, 3.8) is 0 Å². The van der Waals surface area contributed by atoms with Crippen LogP contribution in [0.2, 0.25) is 0 Å². The van der Waals surface area contributed by atoms with E-state index in [-0.39, 0.29) is 18.1 Å². The number of amides is 1. The van der Waals surface area contributed by atoms with E-state index in [1.54, 1.807) is 36.4 Å². The molecular formula is C28H21NO4. The molecule has 4 aromatic rings.